The number of hydrogen-bond donors (Lipinski definition) is 1. The van der Waals surface area contributed by atoms with Crippen LogP contribution in [0.3, 0.4) is 0 Å². The monoisotopic (exact) mass is 191 g/mol. The van der Waals surface area contributed by atoms with Crippen molar-refractivity contribution in [2.24, 2.45) is 0 Å². The lowest BCUT2D eigenvalue weighted by molar-refractivity contribution is 0.182. The summed E-state index contributed by atoms with van der Waals surface area (Å²) in [5.74, 6) is 0. The molecular weight excluding hydrogens is 174 g/mol. The van der Waals surface area contributed by atoms with Gasteiger partial charge in [0.05, 0.1) is 0 Å². The predicted molar refractivity (Wildman–Crippen MR) is 57.2 cm³/mol. The van der Waals surface area contributed by atoms with E-state index in [4.69, 9.17) is 0 Å². The first-order valence-corrected chi connectivity index (χ1v) is 5.17. The highest BCUT2D eigenvalue weighted by molar-refractivity contribution is 5.03. The van der Waals surface area contributed by atoms with Crippen LogP contribution < -0.4 is 5.32 Å². The molecule has 1 aliphatic rings. The van der Waals surface area contributed by atoms with Gasteiger partial charge in [-0.3, -0.25) is 4.98 Å². The summed E-state index contributed by atoms with van der Waals surface area (Å²) >= 11 is 0. The van der Waals surface area contributed by atoms with E-state index in [1.54, 1.807) is 0 Å². The molecule has 0 atom stereocenters. The van der Waals surface area contributed by atoms with Crippen molar-refractivity contribution < 1.29 is 0 Å². The first-order chi connectivity index (χ1) is 6.86. The van der Waals surface area contributed by atoms with Gasteiger partial charge in [0.15, 0.2) is 0 Å². The number of nitrogens with zero attached hydrogens (tertiary/aromatic N) is 2. The Balaban J connectivity index is 1.76. The second kappa shape index (κ2) is 4.53. The molecule has 1 saturated heterocycles. The SMILES string of the molecule is CN(CCc1ccccn1)C1CNC1. The molecule has 0 aliphatic carbocycles. The van der Waals surface area contributed by atoms with Gasteiger partial charge in [-0.15, -0.1) is 0 Å². The highest BCUT2D eigenvalue weighted by Crippen LogP contribution is 2.03. The predicted octanol–water partition coefficient (Wildman–Crippen LogP) is 0.528. The highest BCUT2D eigenvalue weighted by atomic mass is 15.2. The number of nitrogens with one attached hydrogen (secondary N) is 1. The van der Waals surface area contributed by atoms with E-state index in [-0.39, 0.29) is 0 Å². The minimum Gasteiger partial charge on any atom is -0.314 e. The first-order valence-electron chi connectivity index (χ1n) is 5.17. The molecule has 1 aromatic heterocycles. The van der Waals surface area contributed by atoms with Gasteiger partial charge in [-0.1, -0.05) is 6.07 Å². The van der Waals surface area contributed by atoms with Gasteiger partial charge in [0.2, 0.25) is 0 Å². The Hall–Kier alpha value is -0.930. The molecule has 0 saturated carbocycles. The maximum atomic E-state index is 4.31. The molecule has 1 aromatic rings. The standard InChI is InChI=1S/C11H17N3/c1-14(11-8-12-9-11)7-5-10-4-2-3-6-13-10/h2-4,6,11-12H,5,7-9H2,1H3. The third-order valence-corrected chi connectivity index (χ3v) is 2.83. The summed E-state index contributed by atoms with van der Waals surface area (Å²) in [7, 11) is 2.19. The van der Waals surface area contributed by atoms with Gasteiger partial charge in [-0.05, 0) is 19.2 Å². The molecule has 0 unspecified atom stereocenters. The van der Waals surface area contributed by atoms with Crippen LogP contribution in [0.2, 0.25) is 0 Å². The maximum absolute atomic E-state index is 4.31. The molecule has 1 fully saturated rings. The van der Waals surface area contributed by atoms with E-state index in [0.29, 0.717) is 0 Å². The van der Waals surface area contributed by atoms with Crippen LogP contribution in [0.25, 0.3) is 0 Å². The largest absolute Gasteiger partial charge is 0.314 e. The van der Waals surface area contributed by atoms with E-state index in [9.17, 15) is 0 Å². The Bertz CT molecular complexity index is 269. The minimum atomic E-state index is 0.735. The van der Waals surface area contributed by atoms with Gasteiger partial charge in [0.25, 0.3) is 0 Å². The number of rotatable bonds is 4. The molecule has 1 N–H and O–H groups in total. The zero-order valence-corrected chi connectivity index (χ0v) is 8.61. The van der Waals surface area contributed by atoms with Crippen molar-refractivity contribution in [1.29, 1.82) is 0 Å². The number of likely N-dealkylation sites (N-methyl/N-ethyl adjacent to an activating group) is 1. The van der Waals surface area contributed by atoms with E-state index in [0.717, 1.165) is 32.1 Å². The molecule has 0 bridgehead atoms. The molecule has 0 amide bonds. The zero-order chi connectivity index (χ0) is 9.80. The van der Waals surface area contributed by atoms with Crippen molar-refractivity contribution in [1.82, 2.24) is 15.2 Å². The van der Waals surface area contributed by atoms with Crippen LogP contribution in [-0.4, -0.2) is 42.6 Å². The fourth-order valence-corrected chi connectivity index (χ4v) is 1.60. The number of pyridine rings is 1. The second-order valence-electron chi connectivity index (χ2n) is 3.86. The summed E-state index contributed by atoms with van der Waals surface area (Å²) in [5, 5.41) is 3.28. The minimum absolute atomic E-state index is 0.735. The summed E-state index contributed by atoms with van der Waals surface area (Å²) in [6.07, 6.45) is 2.91. The van der Waals surface area contributed by atoms with Gasteiger partial charge in [0.1, 0.15) is 0 Å². The molecule has 3 nitrogen and oxygen atoms in total. The lowest BCUT2D eigenvalue weighted by Crippen LogP contribution is -2.56. The fourth-order valence-electron chi connectivity index (χ4n) is 1.60. The van der Waals surface area contributed by atoms with Crippen LogP contribution in [0.1, 0.15) is 5.69 Å². The molecule has 0 spiro atoms. The molecule has 14 heavy (non-hydrogen) atoms. The second-order valence-corrected chi connectivity index (χ2v) is 3.86. The van der Waals surface area contributed by atoms with E-state index < -0.39 is 0 Å². The smallest absolute Gasteiger partial charge is 0.0416 e. The Kier molecular flexibility index (Phi) is 3.11. The topological polar surface area (TPSA) is 28.2 Å². The highest BCUT2D eigenvalue weighted by Gasteiger charge is 2.20. The van der Waals surface area contributed by atoms with Crippen LogP contribution in [0.4, 0.5) is 0 Å². The van der Waals surface area contributed by atoms with Crippen molar-refractivity contribution in [2.45, 2.75) is 12.5 Å². The van der Waals surface area contributed by atoms with Crippen LogP contribution >= 0.6 is 0 Å². The Morgan fingerprint density at radius 2 is 2.36 bits per heavy atom. The quantitative estimate of drug-likeness (QED) is 0.752. The lowest BCUT2D eigenvalue weighted by Gasteiger charge is -2.35. The summed E-state index contributed by atoms with van der Waals surface area (Å²) in [5.41, 5.74) is 1.19. The summed E-state index contributed by atoms with van der Waals surface area (Å²) in [6.45, 7) is 3.38. The van der Waals surface area contributed by atoms with Gasteiger partial charge in [0, 0.05) is 44.0 Å². The number of aromatic nitrogens is 1. The van der Waals surface area contributed by atoms with Crippen molar-refractivity contribution in [2.75, 3.05) is 26.7 Å². The molecule has 0 aromatic carbocycles. The fraction of sp³-hybridized carbons (Fsp3) is 0.545. The van der Waals surface area contributed by atoms with Crippen LogP contribution in [-0.2, 0) is 6.42 Å². The summed E-state index contributed by atoms with van der Waals surface area (Å²) in [4.78, 5) is 6.72. The van der Waals surface area contributed by atoms with Gasteiger partial charge < -0.3 is 10.2 Å². The van der Waals surface area contributed by atoms with E-state index >= 15 is 0 Å². The zero-order valence-electron chi connectivity index (χ0n) is 8.61. The average molecular weight is 191 g/mol. The Morgan fingerprint density at radius 1 is 1.50 bits per heavy atom. The summed E-state index contributed by atoms with van der Waals surface area (Å²) < 4.78 is 0. The average Bonchev–Trinajstić information content (AvgIpc) is 2.14. The molecule has 2 rings (SSSR count). The van der Waals surface area contributed by atoms with E-state index in [1.165, 1.54) is 5.69 Å². The Morgan fingerprint density at radius 3 is 2.93 bits per heavy atom. The first kappa shape index (κ1) is 9.62. The lowest BCUT2D eigenvalue weighted by atomic mass is 10.1. The van der Waals surface area contributed by atoms with Crippen molar-refractivity contribution in [3.63, 3.8) is 0 Å². The number of hydrogen-bond acceptors (Lipinski definition) is 3. The van der Waals surface area contributed by atoms with Crippen molar-refractivity contribution in [3.8, 4) is 0 Å². The summed E-state index contributed by atoms with van der Waals surface area (Å²) in [6, 6.07) is 6.84. The molecule has 2 heterocycles. The van der Waals surface area contributed by atoms with Crippen molar-refractivity contribution >= 4 is 0 Å². The normalized spacial score (nSPS) is 17.0. The molecule has 76 valence electrons. The van der Waals surface area contributed by atoms with E-state index in [2.05, 4.69) is 28.3 Å². The Labute approximate surface area is 85.1 Å². The van der Waals surface area contributed by atoms with Crippen LogP contribution in [0.15, 0.2) is 24.4 Å². The third-order valence-electron chi connectivity index (χ3n) is 2.83. The molecular formula is C11H17N3. The van der Waals surface area contributed by atoms with Gasteiger partial charge in [-0.25, -0.2) is 0 Å². The molecule has 1 aliphatic heterocycles. The van der Waals surface area contributed by atoms with E-state index in [1.807, 2.05) is 18.3 Å². The molecule has 3 heteroatoms. The molecule has 0 radical (unpaired) electrons. The van der Waals surface area contributed by atoms with Crippen LogP contribution in [0.5, 0.6) is 0 Å². The van der Waals surface area contributed by atoms with Crippen molar-refractivity contribution in [3.05, 3.63) is 30.1 Å². The maximum Gasteiger partial charge on any atom is 0.0416 e. The van der Waals surface area contributed by atoms with Gasteiger partial charge >= 0.3 is 0 Å². The van der Waals surface area contributed by atoms with Crippen LogP contribution in [0, 0.1) is 0 Å². The third kappa shape index (κ3) is 2.30. The van der Waals surface area contributed by atoms with Gasteiger partial charge in [-0.2, -0.15) is 0 Å².